The molecule has 1 atom stereocenters. The molecule has 102 valence electrons. The summed E-state index contributed by atoms with van der Waals surface area (Å²) in [6, 6.07) is 12.5. The molecule has 0 aliphatic carbocycles. The summed E-state index contributed by atoms with van der Waals surface area (Å²) in [6.45, 7) is 2.09. The molecule has 2 rings (SSSR count). The number of nitrogens with zero attached hydrogens (tertiary/aromatic N) is 1. The minimum absolute atomic E-state index is 0.230. The zero-order valence-corrected chi connectivity index (χ0v) is 11.0. The van der Waals surface area contributed by atoms with Crippen molar-refractivity contribution in [1.82, 2.24) is 5.32 Å². The Morgan fingerprint density at radius 2 is 1.90 bits per heavy atom. The van der Waals surface area contributed by atoms with Crippen molar-refractivity contribution in [3.63, 3.8) is 0 Å². The Labute approximate surface area is 116 Å². The molecule has 1 unspecified atom stereocenters. The van der Waals surface area contributed by atoms with E-state index in [1.807, 2.05) is 13.0 Å². The lowest BCUT2D eigenvalue weighted by Gasteiger charge is -2.15. The normalized spacial score (nSPS) is 11.9. The quantitative estimate of drug-likeness (QED) is 0.921. The molecule has 0 aliphatic rings. The fraction of sp³-hybridized carbons (Fsp3) is 0.188. The zero-order valence-electron chi connectivity index (χ0n) is 11.0. The fourth-order valence-electron chi connectivity index (χ4n) is 1.96. The summed E-state index contributed by atoms with van der Waals surface area (Å²) in [5.41, 5.74) is 1.28. The Bertz CT molecular complexity index is 647. The third-order valence-electron chi connectivity index (χ3n) is 3.15. The van der Waals surface area contributed by atoms with Crippen LogP contribution in [-0.4, -0.2) is 0 Å². The lowest BCUT2D eigenvalue weighted by atomic mass is 10.1. The van der Waals surface area contributed by atoms with Gasteiger partial charge in [-0.15, -0.1) is 0 Å². The molecule has 4 heteroatoms. The van der Waals surface area contributed by atoms with Gasteiger partial charge >= 0.3 is 0 Å². The van der Waals surface area contributed by atoms with Crippen molar-refractivity contribution in [2.75, 3.05) is 0 Å². The Hall–Kier alpha value is -2.25. The van der Waals surface area contributed by atoms with Crippen molar-refractivity contribution >= 4 is 0 Å². The highest BCUT2D eigenvalue weighted by molar-refractivity contribution is 5.33. The molecule has 1 N–H and O–H groups in total. The van der Waals surface area contributed by atoms with Gasteiger partial charge in [-0.25, -0.2) is 8.78 Å². The SMILES string of the molecule is CC(NCc1ccc(C#N)cc1F)c1ccccc1F. The highest BCUT2D eigenvalue weighted by Crippen LogP contribution is 2.17. The van der Waals surface area contributed by atoms with Gasteiger partial charge in [0.2, 0.25) is 0 Å². The molecular formula is C16H14F2N2. The van der Waals surface area contributed by atoms with Gasteiger partial charge < -0.3 is 5.32 Å². The largest absolute Gasteiger partial charge is 0.306 e. The molecule has 0 saturated carbocycles. The first kappa shape index (κ1) is 14.2. The summed E-state index contributed by atoms with van der Waals surface area (Å²) in [5.74, 6) is -0.718. The molecule has 0 bridgehead atoms. The minimum atomic E-state index is -0.433. The lowest BCUT2D eigenvalue weighted by molar-refractivity contribution is 0.515. The Morgan fingerprint density at radius 1 is 1.15 bits per heavy atom. The highest BCUT2D eigenvalue weighted by Gasteiger charge is 2.11. The number of hydrogen-bond donors (Lipinski definition) is 1. The van der Waals surface area contributed by atoms with Crippen molar-refractivity contribution in [1.29, 1.82) is 5.26 Å². The summed E-state index contributed by atoms with van der Waals surface area (Å²) in [5, 5.41) is 11.7. The molecule has 2 nitrogen and oxygen atoms in total. The van der Waals surface area contributed by atoms with E-state index in [0.717, 1.165) is 0 Å². The second kappa shape index (κ2) is 6.27. The Kier molecular flexibility index (Phi) is 4.44. The van der Waals surface area contributed by atoms with Crippen LogP contribution >= 0.6 is 0 Å². The molecule has 0 heterocycles. The van der Waals surface area contributed by atoms with Gasteiger partial charge in [0.05, 0.1) is 11.6 Å². The van der Waals surface area contributed by atoms with Crippen LogP contribution in [0.25, 0.3) is 0 Å². The van der Waals surface area contributed by atoms with Crippen molar-refractivity contribution in [3.05, 3.63) is 70.8 Å². The topological polar surface area (TPSA) is 35.8 Å². The van der Waals surface area contributed by atoms with Gasteiger partial charge in [0.15, 0.2) is 0 Å². The third kappa shape index (κ3) is 3.19. The monoisotopic (exact) mass is 272 g/mol. The van der Waals surface area contributed by atoms with E-state index in [0.29, 0.717) is 11.1 Å². The van der Waals surface area contributed by atoms with Crippen LogP contribution < -0.4 is 5.32 Å². The van der Waals surface area contributed by atoms with Crippen LogP contribution in [0.2, 0.25) is 0 Å². The van der Waals surface area contributed by atoms with Crippen LogP contribution in [-0.2, 0) is 6.54 Å². The molecule has 0 spiro atoms. The predicted octanol–water partition coefficient (Wildman–Crippen LogP) is 3.69. The number of nitriles is 1. The molecule has 0 amide bonds. The molecule has 0 fully saturated rings. The van der Waals surface area contributed by atoms with E-state index in [-0.39, 0.29) is 24.0 Å². The first-order valence-electron chi connectivity index (χ1n) is 6.28. The van der Waals surface area contributed by atoms with E-state index in [4.69, 9.17) is 5.26 Å². The lowest BCUT2D eigenvalue weighted by Crippen LogP contribution is -2.19. The maximum atomic E-state index is 13.7. The summed E-state index contributed by atoms with van der Waals surface area (Å²) < 4.78 is 27.3. The minimum Gasteiger partial charge on any atom is -0.306 e. The molecule has 0 radical (unpaired) electrons. The molecule has 0 saturated heterocycles. The number of nitrogens with one attached hydrogen (secondary N) is 1. The molecular weight excluding hydrogens is 258 g/mol. The summed E-state index contributed by atoms with van der Waals surface area (Å²) >= 11 is 0. The number of hydrogen-bond acceptors (Lipinski definition) is 2. The van der Waals surface area contributed by atoms with E-state index in [2.05, 4.69) is 5.32 Å². The van der Waals surface area contributed by atoms with Crippen LogP contribution in [0.5, 0.6) is 0 Å². The average molecular weight is 272 g/mol. The first-order chi connectivity index (χ1) is 9.61. The van der Waals surface area contributed by atoms with E-state index in [1.54, 1.807) is 30.3 Å². The highest BCUT2D eigenvalue weighted by atomic mass is 19.1. The van der Waals surface area contributed by atoms with Gasteiger partial charge in [0, 0.05) is 23.7 Å². The Balaban J connectivity index is 2.06. The second-order valence-electron chi connectivity index (χ2n) is 4.54. The van der Waals surface area contributed by atoms with E-state index < -0.39 is 5.82 Å². The van der Waals surface area contributed by atoms with Gasteiger partial charge in [0.25, 0.3) is 0 Å². The van der Waals surface area contributed by atoms with E-state index >= 15 is 0 Å². The predicted molar refractivity (Wildman–Crippen MR) is 72.8 cm³/mol. The van der Waals surface area contributed by atoms with E-state index in [1.165, 1.54) is 12.1 Å². The van der Waals surface area contributed by atoms with Crippen LogP contribution in [0.4, 0.5) is 8.78 Å². The summed E-state index contributed by atoms with van der Waals surface area (Å²) in [7, 11) is 0. The molecule has 2 aromatic rings. The van der Waals surface area contributed by atoms with Crippen molar-refractivity contribution < 1.29 is 8.78 Å². The smallest absolute Gasteiger partial charge is 0.129 e. The molecule has 0 aromatic heterocycles. The van der Waals surface area contributed by atoms with Crippen molar-refractivity contribution in [3.8, 4) is 6.07 Å². The summed E-state index contributed by atoms with van der Waals surface area (Å²) in [4.78, 5) is 0. The second-order valence-corrected chi connectivity index (χ2v) is 4.54. The van der Waals surface area contributed by atoms with Crippen LogP contribution in [0.15, 0.2) is 42.5 Å². The standard InChI is InChI=1S/C16H14F2N2/c1-11(14-4-2-3-5-15(14)17)20-10-13-7-6-12(9-19)8-16(13)18/h2-8,11,20H,10H2,1H3. The van der Waals surface area contributed by atoms with Crippen molar-refractivity contribution in [2.45, 2.75) is 19.5 Å². The van der Waals surface area contributed by atoms with Crippen LogP contribution in [0.1, 0.15) is 29.7 Å². The fourth-order valence-corrected chi connectivity index (χ4v) is 1.96. The van der Waals surface area contributed by atoms with Crippen LogP contribution in [0.3, 0.4) is 0 Å². The number of benzene rings is 2. The van der Waals surface area contributed by atoms with Gasteiger partial charge in [0.1, 0.15) is 11.6 Å². The van der Waals surface area contributed by atoms with Gasteiger partial charge in [-0.3, -0.25) is 0 Å². The van der Waals surface area contributed by atoms with Gasteiger partial charge in [-0.2, -0.15) is 5.26 Å². The third-order valence-corrected chi connectivity index (χ3v) is 3.15. The van der Waals surface area contributed by atoms with Crippen molar-refractivity contribution in [2.24, 2.45) is 0 Å². The maximum Gasteiger partial charge on any atom is 0.129 e. The van der Waals surface area contributed by atoms with Gasteiger partial charge in [-0.05, 0) is 25.1 Å². The van der Waals surface area contributed by atoms with Gasteiger partial charge in [-0.1, -0.05) is 24.3 Å². The molecule has 20 heavy (non-hydrogen) atoms. The first-order valence-corrected chi connectivity index (χ1v) is 6.28. The zero-order chi connectivity index (χ0) is 14.5. The maximum absolute atomic E-state index is 13.7. The average Bonchev–Trinajstić information content (AvgIpc) is 2.46. The summed E-state index contributed by atoms with van der Waals surface area (Å²) in [6.07, 6.45) is 0. The van der Waals surface area contributed by atoms with Crippen LogP contribution in [0, 0.1) is 23.0 Å². The number of rotatable bonds is 4. The number of halogens is 2. The molecule has 0 aliphatic heterocycles. The Morgan fingerprint density at radius 3 is 2.55 bits per heavy atom. The molecule has 2 aromatic carbocycles. The van der Waals surface area contributed by atoms with E-state index in [9.17, 15) is 8.78 Å².